The first kappa shape index (κ1) is 24.7. The van der Waals surface area contributed by atoms with Crippen molar-refractivity contribution in [3.63, 3.8) is 0 Å². The molecule has 0 aliphatic carbocycles. The normalized spacial score (nSPS) is 19.2. The molecule has 2 unspecified atom stereocenters. The molecule has 0 saturated heterocycles. The molecule has 4 aromatic rings. The number of hydrogen-bond donors (Lipinski definition) is 0. The Morgan fingerprint density at radius 2 is 1.39 bits per heavy atom. The van der Waals surface area contributed by atoms with E-state index < -0.39 is 0 Å². The zero-order valence-corrected chi connectivity index (χ0v) is 23.6. The van der Waals surface area contributed by atoms with Crippen LogP contribution in [0.1, 0.15) is 68.2 Å². The van der Waals surface area contributed by atoms with Gasteiger partial charge in [0.2, 0.25) is 0 Å². The predicted octanol–water partition coefficient (Wildman–Crippen LogP) is 9.60. The lowest BCUT2D eigenvalue weighted by Gasteiger charge is -2.55. The number of anilines is 4. The molecule has 0 fully saturated rings. The fourth-order valence-corrected chi connectivity index (χ4v) is 7.68. The highest BCUT2D eigenvalue weighted by molar-refractivity contribution is 5.90. The molecular weight excluding hydrogens is 462 g/mol. The van der Waals surface area contributed by atoms with Crippen LogP contribution in [0, 0.1) is 26.2 Å². The molecule has 0 N–H and O–H groups in total. The quantitative estimate of drug-likeness (QED) is 0.271. The molecule has 38 heavy (non-hydrogen) atoms. The highest BCUT2D eigenvalue weighted by Gasteiger charge is 2.57. The monoisotopic (exact) mass is 501 g/mol. The number of benzene rings is 3. The van der Waals surface area contributed by atoms with Gasteiger partial charge in [-0.1, -0.05) is 69.3 Å². The van der Waals surface area contributed by atoms with Crippen molar-refractivity contribution >= 4 is 22.9 Å². The third kappa shape index (κ3) is 3.37. The van der Waals surface area contributed by atoms with Crippen LogP contribution in [0.2, 0.25) is 0 Å². The Morgan fingerprint density at radius 1 is 0.711 bits per heavy atom. The van der Waals surface area contributed by atoms with Gasteiger partial charge in [-0.3, -0.25) is 0 Å². The minimum absolute atomic E-state index is 0.0742. The second-order valence-corrected chi connectivity index (χ2v) is 11.2. The lowest BCUT2D eigenvalue weighted by Crippen LogP contribution is -2.57. The Bertz CT molecular complexity index is 1480. The molecule has 3 heterocycles. The molecule has 0 radical (unpaired) electrons. The molecule has 0 saturated carbocycles. The maximum atomic E-state index is 5.03. The van der Waals surface area contributed by atoms with Gasteiger partial charge in [-0.15, -0.1) is 0 Å². The topological polar surface area (TPSA) is 19.4 Å². The van der Waals surface area contributed by atoms with Crippen LogP contribution in [0.4, 0.5) is 22.9 Å². The summed E-state index contributed by atoms with van der Waals surface area (Å²) in [5, 5.41) is 0. The van der Waals surface area contributed by atoms with E-state index in [4.69, 9.17) is 4.98 Å². The van der Waals surface area contributed by atoms with Gasteiger partial charge in [0, 0.05) is 23.0 Å². The van der Waals surface area contributed by atoms with Crippen molar-refractivity contribution in [1.29, 1.82) is 0 Å². The average Bonchev–Trinajstić information content (AvgIpc) is 3.28. The standard InChI is InChI=1S/C35H39N3/c1-7-28-27-20-19-26(32-24(5)15-12-16-25(32)6)22-31(27)37-30-18-13-21-36-33(30)38(29-17-11-10-14-23(29)4)34(37)35(28,8-2)9-3/h10-22,28,34H,7-9H2,1-6H3. The predicted molar refractivity (Wildman–Crippen MR) is 161 cm³/mol. The van der Waals surface area contributed by atoms with Crippen LogP contribution < -0.4 is 9.80 Å². The number of aryl methyl sites for hydroxylation is 3. The molecular formula is C35H39N3. The van der Waals surface area contributed by atoms with Crippen molar-refractivity contribution in [1.82, 2.24) is 4.98 Å². The van der Waals surface area contributed by atoms with E-state index in [9.17, 15) is 0 Å². The van der Waals surface area contributed by atoms with Crippen molar-refractivity contribution in [2.75, 3.05) is 9.80 Å². The number of nitrogens with zero attached hydrogens (tertiary/aromatic N) is 3. The summed E-state index contributed by atoms with van der Waals surface area (Å²) >= 11 is 0. The molecule has 3 heteroatoms. The molecule has 194 valence electrons. The Labute approximate surface area is 228 Å². The van der Waals surface area contributed by atoms with Crippen molar-refractivity contribution in [3.8, 4) is 11.1 Å². The van der Waals surface area contributed by atoms with Gasteiger partial charge in [0.1, 0.15) is 6.17 Å². The minimum atomic E-state index is 0.0742. The number of rotatable bonds is 5. The van der Waals surface area contributed by atoms with Gasteiger partial charge >= 0.3 is 0 Å². The molecule has 2 atom stereocenters. The summed E-state index contributed by atoms with van der Waals surface area (Å²) in [6, 6.07) is 27.1. The fraction of sp³-hybridized carbons (Fsp3) is 0.343. The largest absolute Gasteiger partial charge is 0.316 e. The molecule has 6 rings (SSSR count). The van der Waals surface area contributed by atoms with E-state index in [2.05, 4.69) is 124 Å². The maximum absolute atomic E-state index is 5.03. The summed E-state index contributed by atoms with van der Waals surface area (Å²) in [6.07, 6.45) is 5.45. The van der Waals surface area contributed by atoms with Crippen LogP contribution in [0.15, 0.2) is 79.0 Å². The molecule has 2 aliphatic heterocycles. The first-order chi connectivity index (χ1) is 18.5. The lowest BCUT2D eigenvalue weighted by molar-refractivity contribution is 0.143. The van der Waals surface area contributed by atoms with Crippen LogP contribution in [-0.4, -0.2) is 11.1 Å². The van der Waals surface area contributed by atoms with Crippen LogP contribution >= 0.6 is 0 Å². The number of pyridine rings is 1. The van der Waals surface area contributed by atoms with Crippen LogP contribution in [0.3, 0.4) is 0 Å². The van der Waals surface area contributed by atoms with E-state index in [1.165, 1.54) is 50.4 Å². The minimum Gasteiger partial charge on any atom is -0.316 e. The Balaban J connectivity index is 1.67. The van der Waals surface area contributed by atoms with E-state index in [1.54, 1.807) is 0 Å². The number of aromatic nitrogens is 1. The van der Waals surface area contributed by atoms with Crippen molar-refractivity contribution in [2.45, 2.75) is 72.9 Å². The fourth-order valence-electron chi connectivity index (χ4n) is 7.68. The number of hydrogen-bond acceptors (Lipinski definition) is 3. The Morgan fingerprint density at radius 3 is 2.08 bits per heavy atom. The number of fused-ring (bicyclic) bond motifs is 5. The van der Waals surface area contributed by atoms with Gasteiger partial charge < -0.3 is 9.80 Å². The zero-order valence-electron chi connectivity index (χ0n) is 23.6. The molecule has 2 aliphatic rings. The van der Waals surface area contributed by atoms with Crippen LogP contribution in [0.25, 0.3) is 11.1 Å². The molecule has 0 spiro atoms. The summed E-state index contributed by atoms with van der Waals surface area (Å²) < 4.78 is 0. The van der Waals surface area contributed by atoms with Crippen molar-refractivity contribution in [2.24, 2.45) is 5.41 Å². The first-order valence-electron chi connectivity index (χ1n) is 14.3. The Kier molecular flexibility index (Phi) is 6.06. The van der Waals surface area contributed by atoms with Crippen LogP contribution in [0.5, 0.6) is 0 Å². The smallest absolute Gasteiger partial charge is 0.158 e. The van der Waals surface area contributed by atoms with Gasteiger partial charge in [0.15, 0.2) is 5.82 Å². The van der Waals surface area contributed by atoms with Gasteiger partial charge in [-0.2, -0.15) is 0 Å². The Hall–Kier alpha value is -3.59. The second kappa shape index (κ2) is 9.31. The summed E-state index contributed by atoms with van der Waals surface area (Å²) in [4.78, 5) is 10.2. The van der Waals surface area contributed by atoms with Gasteiger partial charge in [0.05, 0.1) is 5.69 Å². The van der Waals surface area contributed by atoms with Crippen molar-refractivity contribution < 1.29 is 0 Å². The first-order valence-corrected chi connectivity index (χ1v) is 14.3. The van der Waals surface area contributed by atoms with E-state index in [0.29, 0.717) is 5.92 Å². The summed E-state index contributed by atoms with van der Waals surface area (Å²) in [6.45, 7) is 13.9. The summed E-state index contributed by atoms with van der Waals surface area (Å²) in [5.41, 5.74) is 11.9. The van der Waals surface area contributed by atoms with E-state index >= 15 is 0 Å². The average molecular weight is 502 g/mol. The van der Waals surface area contributed by atoms with E-state index in [-0.39, 0.29) is 11.6 Å². The molecule has 3 aromatic carbocycles. The highest BCUT2D eigenvalue weighted by atomic mass is 15.5. The van der Waals surface area contributed by atoms with Gasteiger partial charge in [0.25, 0.3) is 0 Å². The molecule has 3 nitrogen and oxygen atoms in total. The SMILES string of the molecule is CCC1c2ccc(-c3c(C)cccc3C)cc2N2c3cccnc3N(c3ccccc3C)C2C1(CC)CC. The molecule has 0 bridgehead atoms. The third-order valence-electron chi connectivity index (χ3n) is 9.49. The maximum Gasteiger partial charge on any atom is 0.158 e. The van der Waals surface area contributed by atoms with Gasteiger partial charge in [-0.25, -0.2) is 4.98 Å². The number of para-hydroxylation sites is 1. The van der Waals surface area contributed by atoms with E-state index in [0.717, 1.165) is 25.1 Å². The van der Waals surface area contributed by atoms with Crippen molar-refractivity contribution in [3.05, 3.63) is 101 Å². The zero-order chi connectivity index (χ0) is 26.6. The summed E-state index contributed by atoms with van der Waals surface area (Å²) in [7, 11) is 0. The third-order valence-corrected chi connectivity index (χ3v) is 9.49. The highest BCUT2D eigenvalue weighted by Crippen LogP contribution is 2.63. The lowest BCUT2D eigenvalue weighted by atomic mass is 9.62. The second-order valence-electron chi connectivity index (χ2n) is 11.2. The van der Waals surface area contributed by atoms with E-state index in [1.807, 2.05) is 6.20 Å². The van der Waals surface area contributed by atoms with Gasteiger partial charge in [-0.05, 0) is 104 Å². The molecule has 0 amide bonds. The summed E-state index contributed by atoms with van der Waals surface area (Å²) in [5.74, 6) is 1.53. The molecule has 1 aromatic heterocycles. The van der Waals surface area contributed by atoms with Crippen LogP contribution in [-0.2, 0) is 0 Å².